The Kier molecular flexibility index (Phi) is 6.08. The molecule has 5 nitrogen and oxygen atoms in total. The molecule has 2 aliphatic rings. The molecule has 1 aliphatic carbocycles. The van der Waals surface area contributed by atoms with Crippen LogP contribution in [0.25, 0.3) is 0 Å². The number of nitrogens with zero attached hydrogens (tertiary/aromatic N) is 1. The number of amides is 1. The number of hydrogen-bond donors (Lipinski definition) is 1. The summed E-state index contributed by atoms with van der Waals surface area (Å²) in [6, 6.07) is 8.58. The fourth-order valence-electron chi connectivity index (χ4n) is 3.99. The number of methoxy groups -OCH3 is 1. The van der Waals surface area contributed by atoms with Gasteiger partial charge in [-0.25, -0.2) is 0 Å². The van der Waals surface area contributed by atoms with Crippen LogP contribution < -0.4 is 5.32 Å². The summed E-state index contributed by atoms with van der Waals surface area (Å²) >= 11 is 0. The minimum absolute atomic E-state index is 0.0221. The van der Waals surface area contributed by atoms with E-state index in [4.69, 9.17) is 4.74 Å². The minimum Gasteiger partial charge on any atom is -0.469 e. The molecule has 0 spiro atoms. The Hall–Kier alpha value is -1.88. The number of esters is 1. The molecule has 5 heteroatoms. The molecule has 1 aromatic carbocycles. The van der Waals surface area contributed by atoms with E-state index in [1.807, 2.05) is 0 Å². The van der Waals surface area contributed by atoms with Gasteiger partial charge in [0.1, 0.15) is 0 Å². The molecule has 1 atom stereocenters. The van der Waals surface area contributed by atoms with Crippen LogP contribution in [0.1, 0.15) is 49.3 Å². The van der Waals surface area contributed by atoms with Crippen molar-refractivity contribution in [3.8, 4) is 0 Å². The second-order valence-electron chi connectivity index (χ2n) is 7.10. The topological polar surface area (TPSA) is 58.6 Å². The molecule has 1 unspecified atom stereocenters. The maximum Gasteiger partial charge on any atom is 0.308 e. The lowest BCUT2D eigenvalue weighted by Crippen LogP contribution is -2.39. The first-order valence-electron chi connectivity index (χ1n) is 9.34. The third kappa shape index (κ3) is 4.60. The van der Waals surface area contributed by atoms with Crippen LogP contribution in [-0.2, 0) is 20.7 Å². The van der Waals surface area contributed by atoms with Crippen LogP contribution in [0.3, 0.4) is 0 Å². The lowest BCUT2D eigenvalue weighted by molar-refractivity contribution is -0.147. The average Bonchev–Trinajstić information content (AvgIpc) is 2.66. The van der Waals surface area contributed by atoms with Crippen molar-refractivity contribution in [2.24, 2.45) is 5.92 Å². The van der Waals surface area contributed by atoms with Gasteiger partial charge in [-0.05, 0) is 56.3 Å². The fraction of sp³-hybridized carbons (Fsp3) is 0.600. The largest absolute Gasteiger partial charge is 0.469 e. The van der Waals surface area contributed by atoms with Gasteiger partial charge in [-0.15, -0.1) is 0 Å². The number of carbonyl (C=O) groups excluding carboxylic acids is 2. The zero-order valence-electron chi connectivity index (χ0n) is 15.0. The van der Waals surface area contributed by atoms with E-state index in [0.29, 0.717) is 6.42 Å². The normalized spacial score (nSPS) is 21.4. The molecule has 0 aromatic heterocycles. The fourth-order valence-corrected chi connectivity index (χ4v) is 3.99. The molecule has 1 fully saturated rings. The van der Waals surface area contributed by atoms with E-state index < -0.39 is 0 Å². The number of nitrogens with one attached hydrogen (secondary N) is 1. The zero-order chi connectivity index (χ0) is 17.6. The van der Waals surface area contributed by atoms with Gasteiger partial charge in [-0.2, -0.15) is 0 Å². The van der Waals surface area contributed by atoms with Crippen molar-refractivity contribution in [1.29, 1.82) is 0 Å². The van der Waals surface area contributed by atoms with E-state index in [-0.39, 0.29) is 23.8 Å². The smallest absolute Gasteiger partial charge is 0.308 e. The van der Waals surface area contributed by atoms with Gasteiger partial charge in [0.15, 0.2) is 0 Å². The monoisotopic (exact) mass is 344 g/mol. The molecule has 136 valence electrons. The van der Waals surface area contributed by atoms with Crippen molar-refractivity contribution in [3.05, 3.63) is 35.4 Å². The summed E-state index contributed by atoms with van der Waals surface area (Å²) in [5.74, 6) is 0.0407. The number of fused-ring (bicyclic) bond motifs is 1. The third-order valence-electron chi connectivity index (χ3n) is 5.48. The Bertz CT molecular complexity index is 609. The first kappa shape index (κ1) is 17.9. The molecule has 1 saturated heterocycles. The molecule has 0 saturated carbocycles. The van der Waals surface area contributed by atoms with E-state index in [9.17, 15) is 9.59 Å². The summed E-state index contributed by atoms with van der Waals surface area (Å²) in [5, 5.41) is 3.21. The second kappa shape index (κ2) is 8.48. The molecule has 1 amide bonds. The Morgan fingerprint density at radius 1 is 1.20 bits per heavy atom. The van der Waals surface area contributed by atoms with E-state index in [1.54, 1.807) is 0 Å². The minimum atomic E-state index is -0.103. The summed E-state index contributed by atoms with van der Waals surface area (Å²) < 4.78 is 4.81. The average molecular weight is 344 g/mol. The van der Waals surface area contributed by atoms with Gasteiger partial charge in [0.2, 0.25) is 5.91 Å². The van der Waals surface area contributed by atoms with Crippen molar-refractivity contribution >= 4 is 11.9 Å². The maximum absolute atomic E-state index is 12.4. The van der Waals surface area contributed by atoms with Gasteiger partial charge in [0.25, 0.3) is 0 Å². The molecule has 1 aromatic rings. The number of aryl methyl sites for hydroxylation is 1. The van der Waals surface area contributed by atoms with Crippen LogP contribution in [0, 0.1) is 5.92 Å². The second-order valence-corrected chi connectivity index (χ2v) is 7.10. The van der Waals surface area contributed by atoms with Crippen LogP contribution in [0.5, 0.6) is 0 Å². The number of ether oxygens (including phenoxy) is 1. The number of benzene rings is 1. The Morgan fingerprint density at radius 2 is 1.96 bits per heavy atom. The third-order valence-corrected chi connectivity index (χ3v) is 5.48. The molecule has 1 heterocycles. The van der Waals surface area contributed by atoms with Gasteiger partial charge in [-0.1, -0.05) is 24.3 Å². The number of carbonyl (C=O) groups is 2. The molecule has 1 aliphatic heterocycles. The zero-order valence-corrected chi connectivity index (χ0v) is 15.0. The van der Waals surface area contributed by atoms with Crippen LogP contribution in [0.15, 0.2) is 24.3 Å². The highest BCUT2D eigenvalue weighted by Crippen LogP contribution is 2.29. The van der Waals surface area contributed by atoms with Crippen LogP contribution in [-0.4, -0.2) is 43.5 Å². The van der Waals surface area contributed by atoms with Crippen LogP contribution in [0.2, 0.25) is 0 Å². The molecular formula is C20H28N2O3. The lowest BCUT2D eigenvalue weighted by atomic mass is 9.87. The highest BCUT2D eigenvalue weighted by Gasteiger charge is 2.26. The van der Waals surface area contributed by atoms with Crippen molar-refractivity contribution in [2.75, 3.05) is 26.7 Å². The summed E-state index contributed by atoms with van der Waals surface area (Å²) in [5.41, 5.74) is 2.64. The molecule has 3 rings (SSSR count). The predicted octanol–water partition coefficient (Wildman–Crippen LogP) is 2.46. The van der Waals surface area contributed by atoms with Gasteiger partial charge in [0, 0.05) is 13.0 Å². The van der Waals surface area contributed by atoms with Crippen molar-refractivity contribution < 1.29 is 14.3 Å². The van der Waals surface area contributed by atoms with Crippen LogP contribution >= 0.6 is 0 Å². The molecule has 0 radical (unpaired) electrons. The maximum atomic E-state index is 12.4. The Balaban J connectivity index is 1.43. The number of likely N-dealkylation sites (tertiary alicyclic amines) is 1. The van der Waals surface area contributed by atoms with E-state index in [1.165, 1.54) is 18.2 Å². The highest BCUT2D eigenvalue weighted by atomic mass is 16.5. The van der Waals surface area contributed by atoms with E-state index in [2.05, 4.69) is 34.5 Å². The van der Waals surface area contributed by atoms with E-state index >= 15 is 0 Å². The van der Waals surface area contributed by atoms with Gasteiger partial charge in [-0.3, -0.25) is 9.59 Å². The summed E-state index contributed by atoms with van der Waals surface area (Å²) in [6.45, 7) is 2.48. The standard InChI is InChI=1S/C20H28N2O3/c1-25-20(24)16-9-12-22(13-10-16)14-11-19(23)21-18-8-4-6-15-5-2-3-7-17(15)18/h2-3,5,7,16,18H,4,6,8-14H2,1H3,(H,21,23). The quantitative estimate of drug-likeness (QED) is 0.834. The van der Waals surface area contributed by atoms with E-state index in [0.717, 1.165) is 51.7 Å². The first-order valence-corrected chi connectivity index (χ1v) is 9.34. The summed E-state index contributed by atoms with van der Waals surface area (Å²) in [4.78, 5) is 26.2. The SMILES string of the molecule is COC(=O)C1CCN(CCC(=O)NC2CCCc3ccccc32)CC1. The number of piperidine rings is 1. The van der Waals surface area contributed by atoms with Crippen LogP contribution in [0.4, 0.5) is 0 Å². The number of rotatable bonds is 5. The van der Waals surface area contributed by atoms with Gasteiger partial charge in [0.05, 0.1) is 19.1 Å². The Morgan fingerprint density at radius 3 is 2.72 bits per heavy atom. The molecule has 25 heavy (non-hydrogen) atoms. The lowest BCUT2D eigenvalue weighted by Gasteiger charge is -2.31. The summed E-state index contributed by atoms with van der Waals surface area (Å²) in [7, 11) is 1.45. The Labute approximate surface area is 149 Å². The molecule has 0 bridgehead atoms. The highest BCUT2D eigenvalue weighted by molar-refractivity contribution is 5.76. The van der Waals surface area contributed by atoms with Gasteiger partial charge < -0.3 is 15.0 Å². The van der Waals surface area contributed by atoms with Gasteiger partial charge >= 0.3 is 5.97 Å². The first-order chi connectivity index (χ1) is 12.2. The van der Waals surface area contributed by atoms with Crippen molar-refractivity contribution in [2.45, 2.75) is 44.6 Å². The number of hydrogen-bond acceptors (Lipinski definition) is 4. The summed E-state index contributed by atoms with van der Waals surface area (Å²) in [6.07, 6.45) is 5.42. The van der Waals surface area contributed by atoms with Crippen molar-refractivity contribution in [3.63, 3.8) is 0 Å². The molecule has 1 N–H and O–H groups in total. The molecular weight excluding hydrogens is 316 g/mol. The predicted molar refractivity (Wildman–Crippen MR) is 96.1 cm³/mol. The van der Waals surface area contributed by atoms with Crippen molar-refractivity contribution in [1.82, 2.24) is 10.2 Å².